The van der Waals surface area contributed by atoms with E-state index in [0.29, 0.717) is 11.3 Å². The van der Waals surface area contributed by atoms with Crippen LogP contribution in [0.3, 0.4) is 0 Å². The fourth-order valence-electron chi connectivity index (χ4n) is 1.46. The number of nitrogens with zero attached hydrogens (tertiary/aromatic N) is 1. The van der Waals surface area contributed by atoms with Crippen molar-refractivity contribution in [3.8, 4) is 5.75 Å². The van der Waals surface area contributed by atoms with E-state index in [2.05, 4.69) is 31.4 Å². The highest BCUT2D eigenvalue weighted by atomic mass is 79.9. The number of hydrazone groups is 1. The van der Waals surface area contributed by atoms with Gasteiger partial charge in [-0.25, -0.2) is 5.43 Å². The zero-order valence-electron chi connectivity index (χ0n) is 10.2. The van der Waals surface area contributed by atoms with Crippen molar-refractivity contribution >= 4 is 28.1 Å². The highest BCUT2D eigenvalue weighted by Crippen LogP contribution is 2.25. The van der Waals surface area contributed by atoms with Crippen LogP contribution in [0.15, 0.2) is 46.1 Å². The van der Waals surface area contributed by atoms with E-state index in [4.69, 9.17) is 4.74 Å². The van der Waals surface area contributed by atoms with E-state index < -0.39 is 0 Å². The Morgan fingerprint density at radius 3 is 2.95 bits per heavy atom. The Balaban J connectivity index is 2.02. The predicted octanol–water partition coefficient (Wildman–Crippen LogP) is 2.55. The van der Waals surface area contributed by atoms with Gasteiger partial charge in [0.05, 0.1) is 23.5 Å². The standard InChI is InChI=1S/C13H12BrN3O2/c1-19-12-5-4-9(7-11(12)14)13(18)17-16-8-10-3-2-6-15-10/h2-8,15H,1H3,(H,17,18)/b16-8-. The largest absolute Gasteiger partial charge is 0.496 e. The summed E-state index contributed by atoms with van der Waals surface area (Å²) < 4.78 is 5.82. The lowest BCUT2D eigenvalue weighted by molar-refractivity contribution is 0.0955. The quantitative estimate of drug-likeness (QED) is 0.671. The lowest BCUT2D eigenvalue weighted by Crippen LogP contribution is -2.17. The molecule has 98 valence electrons. The summed E-state index contributed by atoms with van der Waals surface area (Å²) in [6, 6.07) is 8.76. The van der Waals surface area contributed by atoms with Crippen LogP contribution in [0.1, 0.15) is 16.1 Å². The van der Waals surface area contributed by atoms with Crippen LogP contribution in [0.2, 0.25) is 0 Å². The van der Waals surface area contributed by atoms with Gasteiger partial charge in [0.25, 0.3) is 5.91 Å². The maximum atomic E-state index is 11.8. The average Bonchev–Trinajstić information content (AvgIpc) is 2.91. The van der Waals surface area contributed by atoms with Crippen molar-refractivity contribution in [3.63, 3.8) is 0 Å². The summed E-state index contributed by atoms with van der Waals surface area (Å²) in [7, 11) is 1.57. The van der Waals surface area contributed by atoms with E-state index in [9.17, 15) is 4.79 Å². The van der Waals surface area contributed by atoms with Crippen molar-refractivity contribution in [1.82, 2.24) is 10.4 Å². The number of hydrogen-bond acceptors (Lipinski definition) is 3. The summed E-state index contributed by atoms with van der Waals surface area (Å²) in [5.74, 6) is 0.387. The fraction of sp³-hybridized carbons (Fsp3) is 0.0769. The molecule has 2 N–H and O–H groups in total. The summed E-state index contributed by atoms with van der Waals surface area (Å²) in [6.07, 6.45) is 3.32. The average molecular weight is 322 g/mol. The molecule has 5 nitrogen and oxygen atoms in total. The lowest BCUT2D eigenvalue weighted by Gasteiger charge is -2.05. The van der Waals surface area contributed by atoms with E-state index in [1.54, 1.807) is 31.5 Å². The van der Waals surface area contributed by atoms with Crippen LogP contribution in [-0.4, -0.2) is 24.2 Å². The van der Waals surface area contributed by atoms with Crippen molar-refractivity contribution in [3.05, 3.63) is 52.3 Å². The second-order valence-corrected chi connectivity index (χ2v) is 4.53. The molecular weight excluding hydrogens is 310 g/mol. The Morgan fingerprint density at radius 1 is 1.47 bits per heavy atom. The first-order valence-electron chi connectivity index (χ1n) is 5.51. The maximum Gasteiger partial charge on any atom is 0.271 e. The van der Waals surface area contributed by atoms with Crippen LogP contribution in [0.5, 0.6) is 5.75 Å². The van der Waals surface area contributed by atoms with Crippen molar-refractivity contribution in [2.45, 2.75) is 0 Å². The van der Waals surface area contributed by atoms with Crippen molar-refractivity contribution < 1.29 is 9.53 Å². The lowest BCUT2D eigenvalue weighted by atomic mass is 10.2. The molecule has 2 aromatic rings. The van der Waals surface area contributed by atoms with E-state index in [0.717, 1.165) is 10.2 Å². The number of benzene rings is 1. The van der Waals surface area contributed by atoms with Crippen molar-refractivity contribution in [1.29, 1.82) is 0 Å². The second kappa shape index (κ2) is 6.19. The van der Waals surface area contributed by atoms with Crippen LogP contribution < -0.4 is 10.2 Å². The molecule has 19 heavy (non-hydrogen) atoms. The molecule has 0 radical (unpaired) electrons. The Morgan fingerprint density at radius 2 is 2.32 bits per heavy atom. The van der Waals surface area contributed by atoms with Crippen LogP contribution in [0.4, 0.5) is 0 Å². The Kier molecular flexibility index (Phi) is 4.35. The summed E-state index contributed by atoms with van der Waals surface area (Å²) in [5.41, 5.74) is 3.76. The van der Waals surface area contributed by atoms with Gasteiger partial charge in [-0.05, 0) is 46.3 Å². The number of rotatable bonds is 4. The van der Waals surface area contributed by atoms with Crippen LogP contribution in [0, 0.1) is 0 Å². The predicted molar refractivity (Wildman–Crippen MR) is 76.5 cm³/mol. The third-order valence-electron chi connectivity index (χ3n) is 2.41. The number of H-pyrrole nitrogens is 1. The highest BCUT2D eigenvalue weighted by molar-refractivity contribution is 9.10. The first-order chi connectivity index (χ1) is 9.20. The van der Waals surface area contributed by atoms with Crippen molar-refractivity contribution in [2.75, 3.05) is 7.11 Å². The van der Waals surface area contributed by atoms with E-state index >= 15 is 0 Å². The summed E-state index contributed by atoms with van der Waals surface area (Å²) >= 11 is 3.33. The number of amides is 1. The van der Waals surface area contributed by atoms with Gasteiger partial charge < -0.3 is 9.72 Å². The summed E-state index contributed by atoms with van der Waals surface area (Å²) in [6.45, 7) is 0. The third-order valence-corrected chi connectivity index (χ3v) is 3.03. The molecule has 6 heteroatoms. The minimum absolute atomic E-state index is 0.286. The number of aromatic nitrogens is 1. The topological polar surface area (TPSA) is 66.5 Å². The third kappa shape index (κ3) is 3.45. The molecule has 0 fully saturated rings. The second-order valence-electron chi connectivity index (χ2n) is 3.67. The van der Waals surface area contributed by atoms with Gasteiger partial charge in [-0.3, -0.25) is 4.79 Å². The molecular formula is C13H12BrN3O2. The van der Waals surface area contributed by atoms with Gasteiger partial charge in [0.15, 0.2) is 0 Å². The van der Waals surface area contributed by atoms with Crippen molar-refractivity contribution in [2.24, 2.45) is 5.10 Å². The van der Waals surface area contributed by atoms with Crippen LogP contribution in [0.25, 0.3) is 0 Å². The molecule has 0 aliphatic heterocycles. The Labute approximate surface area is 118 Å². The molecule has 0 saturated carbocycles. The number of ether oxygens (including phenoxy) is 1. The molecule has 1 aromatic carbocycles. The number of nitrogens with one attached hydrogen (secondary N) is 2. The van der Waals surface area contributed by atoms with E-state index in [-0.39, 0.29) is 5.91 Å². The molecule has 1 aromatic heterocycles. The SMILES string of the molecule is COc1ccc(C(=O)N/N=C\c2ccc[nH]2)cc1Br. The Bertz CT molecular complexity index is 594. The van der Waals surface area contributed by atoms with Crippen LogP contribution >= 0.6 is 15.9 Å². The van der Waals surface area contributed by atoms with E-state index in [1.165, 1.54) is 6.21 Å². The van der Waals surface area contributed by atoms with Gasteiger partial charge >= 0.3 is 0 Å². The minimum Gasteiger partial charge on any atom is -0.496 e. The minimum atomic E-state index is -0.286. The molecule has 1 heterocycles. The smallest absolute Gasteiger partial charge is 0.271 e. The zero-order valence-corrected chi connectivity index (χ0v) is 11.8. The molecule has 0 atom stereocenters. The normalized spacial score (nSPS) is 10.6. The number of halogens is 1. The molecule has 0 unspecified atom stereocenters. The van der Waals surface area contributed by atoms with E-state index in [1.807, 2.05) is 12.1 Å². The van der Waals surface area contributed by atoms with Gasteiger partial charge in [-0.15, -0.1) is 0 Å². The number of aromatic amines is 1. The van der Waals surface area contributed by atoms with Gasteiger partial charge in [-0.2, -0.15) is 5.10 Å². The highest BCUT2D eigenvalue weighted by Gasteiger charge is 2.07. The van der Waals surface area contributed by atoms with Gasteiger partial charge in [0.1, 0.15) is 5.75 Å². The fourth-order valence-corrected chi connectivity index (χ4v) is 2.00. The van der Waals surface area contributed by atoms with Gasteiger partial charge in [0.2, 0.25) is 0 Å². The molecule has 0 aliphatic carbocycles. The first-order valence-corrected chi connectivity index (χ1v) is 6.30. The molecule has 0 saturated heterocycles. The molecule has 0 spiro atoms. The maximum absolute atomic E-state index is 11.8. The van der Waals surface area contributed by atoms with Gasteiger partial charge in [-0.1, -0.05) is 0 Å². The summed E-state index contributed by atoms with van der Waals surface area (Å²) in [4.78, 5) is 14.8. The number of hydrogen-bond donors (Lipinski definition) is 2. The van der Waals surface area contributed by atoms with Crippen LogP contribution in [-0.2, 0) is 0 Å². The molecule has 0 aliphatic rings. The monoisotopic (exact) mass is 321 g/mol. The Hall–Kier alpha value is -2.08. The molecule has 1 amide bonds. The number of carbonyl (C=O) groups excluding carboxylic acids is 1. The molecule has 0 bridgehead atoms. The number of methoxy groups -OCH3 is 1. The molecule has 2 rings (SSSR count). The summed E-state index contributed by atoms with van der Waals surface area (Å²) in [5, 5.41) is 3.86. The number of carbonyl (C=O) groups is 1. The first kappa shape index (κ1) is 13.4. The van der Waals surface area contributed by atoms with Gasteiger partial charge in [0, 0.05) is 11.8 Å². The zero-order chi connectivity index (χ0) is 13.7.